The van der Waals surface area contributed by atoms with Crippen molar-refractivity contribution in [3.63, 3.8) is 0 Å². The van der Waals surface area contributed by atoms with Crippen LogP contribution in [0, 0.1) is 0 Å². The van der Waals surface area contributed by atoms with Crippen LogP contribution in [0.1, 0.15) is 38.4 Å². The topological polar surface area (TPSA) is 72.2 Å². The quantitative estimate of drug-likeness (QED) is 0.719. The van der Waals surface area contributed by atoms with E-state index in [1.54, 1.807) is 4.57 Å². The Morgan fingerprint density at radius 3 is 2.81 bits per heavy atom. The van der Waals surface area contributed by atoms with Gasteiger partial charge in [-0.3, -0.25) is 9.36 Å². The molecule has 146 valence electrons. The Morgan fingerprint density at radius 1 is 1.22 bits per heavy atom. The summed E-state index contributed by atoms with van der Waals surface area (Å²) in [7, 11) is 0. The minimum Gasteiger partial charge on any atom is -0.372 e. The summed E-state index contributed by atoms with van der Waals surface area (Å²) in [6.45, 7) is 5.22. The Labute approximate surface area is 160 Å². The highest BCUT2D eigenvalue weighted by atomic mass is 16.2. The number of rotatable bonds is 8. The van der Waals surface area contributed by atoms with Crippen LogP contribution in [0.25, 0.3) is 0 Å². The van der Waals surface area contributed by atoms with Crippen LogP contribution < -0.4 is 15.9 Å². The third kappa shape index (κ3) is 4.99. The van der Waals surface area contributed by atoms with Crippen molar-refractivity contribution in [2.24, 2.45) is 0 Å². The standard InChI is InChI=1S/C20H29N5O2/c1-2-23(17-10-5-3-6-11-17)14-9-13-21-19(26)16-25-20(27)24-15-8-4-7-12-18(24)22-25/h3,5-6,10-11H,2,4,7-9,12-16H2,1H3,(H,21,26). The molecule has 0 saturated carbocycles. The van der Waals surface area contributed by atoms with E-state index < -0.39 is 0 Å². The van der Waals surface area contributed by atoms with Crippen LogP contribution in [0.3, 0.4) is 0 Å². The number of nitrogens with one attached hydrogen (secondary N) is 1. The summed E-state index contributed by atoms with van der Waals surface area (Å²) in [5, 5.41) is 7.27. The molecule has 0 spiro atoms. The normalized spacial score (nSPS) is 13.7. The van der Waals surface area contributed by atoms with Gasteiger partial charge in [-0.15, -0.1) is 0 Å². The van der Waals surface area contributed by atoms with E-state index in [1.165, 1.54) is 10.4 Å². The monoisotopic (exact) mass is 371 g/mol. The van der Waals surface area contributed by atoms with E-state index in [-0.39, 0.29) is 18.1 Å². The second-order valence-corrected chi connectivity index (χ2v) is 6.94. The number of hydrogen-bond donors (Lipinski definition) is 1. The molecule has 27 heavy (non-hydrogen) atoms. The molecule has 0 aliphatic carbocycles. The Morgan fingerprint density at radius 2 is 2.04 bits per heavy atom. The summed E-state index contributed by atoms with van der Waals surface area (Å²) >= 11 is 0. The highest BCUT2D eigenvalue weighted by Crippen LogP contribution is 2.13. The number of anilines is 1. The van der Waals surface area contributed by atoms with Gasteiger partial charge in [-0.25, -0.2) is 9.48 Å². The number of fused-ring (bicyclic) bond motifs is 1. The summed E-state index contributed by atoms with van der Waals surface area (Å²) in [5.41, 5.74) is 1.03. The van der Waals surface area contributed by atoms with Crippen LogP contribution in [-0.4, -0.2) is 39.9 Å². The van der Waals surface area contributed by atoms with Crippen molar-refractivity contribution >= 4 is 11.6 Å². The van der Waals surface area contributed by atoms with Crippen molar-refractivity contribution in [3.05, 3.63) is 46.6 Å². The molecule has 1 aromatic carbocycles. The van der Waals surface area contributed by atoms with Crippen molar-refractivity contribution in [1.82, 2.24) is 19.7 Å². The second kappa shape index (κ2) is 9.39. The maximum atomic E-state index is 12.4. The van der Waals surface area contributed by atoms with Crippen molar-refractivity contribution in [2.75, 3.05) is 24.5 Å². The zero-order valence-corrected chi connectivity index (χ0v) is 16.1. The van der Waals surface area contributed by atoms with Crippen molar-refractivity contribution in [3.8, 4) is 0 Å². The first kappa shape index (κ1) is 19.2. The summed E-state index contributed by atoms with van der Waals surface area (Å²) in [6, 6.07) is 10.3. The minimum atomic E-state index is -0.164. The van der Waals surface area contributed by atoms with Crippen molar-refractivity contribution < 1.29 is 4.79 Å². The van der Waals surface area contributed by atoms with Crippen LogP contribution in [-0.2, 0) is 24.3 Å². The van der Waals surface area contributed by atoms with E-state index in [0.717, 1.165) is 51.0 Å². The van der Waals surface area contributed by atoms with Gasteiger partial charge in [-0.1, -0.05) is 24.6 Å². The number of aromatic nitrogens is 3. The van der Waals surface area contributed by atoms with Crippen molar-refractivity contribution in [1.29, 1.82) is 0 Å². The first-order valence-electron chi connectivity index (χ1n) is 9.92. The fourth-order valence-electron chi connectivity index (χ4n) is 3.53. The van der Waals surface area contributed by atoms with Gasteiger partial charge in [0.05, 0.1) is 0 Å². The van der Waals surface area contributed by atoms with Gasteiger partial charge in [0.2, 0.25) is 5.91 Å². The summed E-state index contributed by atoms with van der Waals surface area (Å²) < 4.78 is 3.03. The Kier molecular flexibility index (Phi) is 6.68. The molecule has 2 heterocycles. The predicted molar refractivity (Wildman–Crippen MR) is 106 cm³/mol. The summed E-state index contributed by atoms with van der Waals surface area (Å²) in [4.78, 5) is 26.9. The van der Waals surface area contributed by atoms with Gasteiger partial charge >= 0.3 is 5.69 Å². The Balaban J connectivity index is 1.46. The maximum absolute atomic E-state index is 12.4. The Hall–Kier alpha value is -2.57. The number of nitrogens with zero attached hydrogens (tertiary/aromatic N) is 4. The highest BCUT2D eigenvalue weighted by Gasteiger charge is 2.17. The van der Waals surface area contributed by atoms with E-state index in [2.05, 4.69) is 34.4 Å². The zero-order valence-electron chi connectivity index (χ0n) is 16.1. The predicted octanol–water partition coefficient (Wildman–Crippen LogP) is 1.80. The number of hydrogen-bond acceptors (Lipinski definition) is 4. The van der Waals surface area contributed by atoms with Crippen LogP contribution in [0.15, 0.2) is 35.1 Å². The van der Waals surface area contributed by atoms with Gasteiger partial charge in [-0.2, -0.15) is 5.10 Å². The average Bonchev–Trinajstić information content (AvgIpc) is 2.85. The molecule has 0 unspecified atom stereocenters. The molecule has 1 aromatic heterocycles. The molecule has 0 radical (unpaired) electrons. The highest BCUT2D eigenvalue weighted by molar-refractivity contribution is 5.75. The summed E-state index contributed by atoms with van der Waals surface area (Å²) in [6.07, 6.45) is 4.85. The lowest BCUT2D eigenvalue weighted by Crippen LogP contribution is -2.35. The molecule has 0 fully saturated rings. The molecule has 1 aliphatic rings. The maximum Gasteiger partial charge on any atom is 0.346 e. The fourth-order valence-corrected chi connectivity index (χ4v) is 3.53. The first-order valence-corrected chi connectivity index (χ1v) is 9.92. The minimum absolute atomic E-state index is 0.00495. The molecule has 1 amide bonds. The zero-order chi connectivity index (χ0) is 19.1. The molecule has 3 rings (SSSR count). The average molecular weight is 371 g/mol. The third-order valence-corrected chi connectivity index (χ3v) is 5.00. The van der Waals surface area contributed by atoms with Crippen LogP contribution in [0.2, 0.25) is 0 Å². The van der Waals surface area contributed by atoms with E-state index in [9.17, 15) is 9.59 Å². The van der Waals surface area contributed by atoms with Crippen molar-refractivity contribution in [2.45, 2.75) is 52.1 Å². The number of carbonyl (C=O) groups excluding carboxylic acids is 1. The Bertz CT molecular complexity index is 796. The molecule has 0 saturated heterocycles. The lowest BCUT2D eigenvalue weighted by atomic mass is 10.2. The number of para-hydroxylation sites is 1. The molecule has 1 aliphatic heterocycles. The van der Waals surface area contributed by atoms with Gasteiger partial charge < -0.3 is 10.2 Å². The molecule has 7 nitrogen and oxygen atoms in total. The van der Waals surface area contributed by atoms with Gasteiger partial charge in [0, 0.05) is 38.3 Å². The fraction of sp³-hybridized carbons (Fsp3) is 0.550. The second-order valence-electron chi connectivity index (χ2n) is 6.94. The van der Waals surface area contributed by atoms with E-state index >= 15 is 0 Å². The molecule has 7 heteroatoms. The third-order valence-electron chi connectivity index (χ3n) is 5.00. The van der Waals surface area contributed by atoms with Gasteiger partial charge in [-0.05, 0) is 38.3 Å². The van der Waals surface area contributed by atoms with Crippen LogP contribution in [0.4, 0.5) is 5.69 Å². The molecule has 0 atom stereocenters. The number of aryl methyl sites for hydroxylation is 1. The number of carbonyl (C=O) groups is 1. The molecule has 2 aromatic rings. The summed E-state index contributed by atoms with van der Waals surface area (Å²) in [5.74, 6) is 0.653. The number of amides is 1. The van der Waals surface area contributed by atoms with E-state index in [0.29, 0.717) is 13.1 Å². The van der Waals surface area contributed by atoms with Crippen LogP contribution in [0.5, 0.6) is 0 Å². The first-order chi connectivity index (χ1) is 13.2. The van der Waals surface area contributed by atoms with E-state index in [4.69, 9.17) is 0 Å². The molecular weight excluding hydrogens is 342 g/mol. The SMILES string of the molecule is CCN(CCCNC(=O)Cn1nc2n(c1=O)CCCCC2)c1ccccc1. The smallest absolute Gasteiger partial charge is 0.346 e. The lowest BCUT2D eigenvalue weighted by Gasteiger charge is -2.23. The number of benzene rings is 1. The molecular formula is C20H29N5O2. The van der Waals surface area contributed by atoms with Gasteiger partial charge in [0.15, 0.2) is 0 Å². The molecule has 1 N–H and O–H groups in total. The largest absolute Gasteiger partial charge is 0.372 e. The van der Waals surface area contributed by atoms with Gasteiger partial charge in [0.25, 0.3) is 0 Å². The molecule has 0 bridgehead atoms. The van der Waals surface area contributed by atoms with E-state index in [1.807, 2.05) is 18.2 Å². The van der Waals surface area contributed by atoms with Gasteiger partial charge in [0.1, 0.15) is 12.4 Å². The van der Waals surface area contributed by atoms with Crippen LogP contribution >= 0.6 is 0 Å². The lowest BCUT2D eigenvalue weighted by molar-refractivity contribution is -0.121.